The number of hydrogen-bond acceptors (Lipinski definition) is 3. The van der Waals surface area contributed by atoms with Crippen molar-refractivity contribution >= 4 is 5.91 Å². The molecule has 0 unspecified atom stereocenters. The average Bonchev–Trinajstić information content (AvgIpc) is 2.35. The molecule has 1 aromatic carbocycles. The van der Waals surface area contributed by atoms with Crippen LogP contribution in [0, 0.1) is 13.8 Å². The summed E-state index contributed by atoms with van der Waals surface area (Å²) in [4.78, 5) is 13.5. The molecule has 4 nitrogen and oxygen atoms in total. The van der Waals surface area contributed by atoms with Gasteiger partial charge in [0, 0.05) is 26.6 Å². The molecule has 0 saturated heterocycles. The van der Waals surface area contributed by atoms with Gasteiger partial charge in [0.05, 0.1) is 7.11 Å². The molecule has 0 aliphatic carbocycles. The summed E-state index contributed by atoms with van der Waals surface area (Å²) >= 11 is 0. The molecule has 0 bridgehead atoms. The molecule has 0 saturated carbocycles. The van der Waals surface area contributed by atoms with Gasteiger partial charge in [0.15, 0.2) is 0 Å². The second-order valence-electron chi connectivity index (χ2n) is 4.84. The fraction of sp³-hybridized carbons (Fsp3) is 0.533. The Bertz CT molecular complexity index is 420. The summed E-state index contributed by atoms with van der Waals surface area (Å²) in [5, 5.41) is 8.73. The van der Waals surface area contributed by atoms with Crippen molar-refractivity contribution in [1.29, 1.82) is 0 Å². The Morgan fingerprint density at radius 3 is 2.37 bits per heavy atom. The molecule has 106 valence electrons. The third-order valence-electron chi connectivity index (χ3n) is 3.12. The number of nitrogens with zero attached hydrogens (tertiary/aromatic N) is 1. The smallest absolute Gasteiger partial charge is 0.222 e. The molecule has 1 amide bonds. The van der Waals surface area contributed by atoms with Crippen molar-refractivity contribution in [2.45, 2.75) is 33.2 Å². The van der Waals surface area contributed by atoms with Gasteiger partial charge in [0.25, 0.3) is 0 Å². The lowest BCUT2D eigenvalue weighted by atomic mass is 10.1. The summed E-state index contributed by atoms with van der Waals surface area (Å²) in [6, 6.07) is 4.09. The summed E-state index contributed by atoms with van der Waals surface area (Å²) in [6.07, 6.45) is 0.908. The topological polar surface area (TPSA) is 49.8 Å². The minimum Gasteiger partial charge on any atom is -0.496 e. The summed E-state index contributed by atoms with van der Waals surface area (Å²) in [5.74, 6) is 0.957. The van der Waals surface area contributed by atoms with E-state index in [1.54, 1.807) is 19.1 Å². The predicted octanol–water partition coefficient (Wildman–Crippen LogP) is 2.04. The van der Waals surface area contributed by atoms with Crippen LogP contribution >= 0.6 is 0 Å². The quantitative estimate of drug-likeness (QED) is 0.856. The Morgan fingerprint density at radius 1 is 1.32 bits per heavy atom. The number of carbonyl (C=O) groups excluding carboxylic acids is 1. The number of rotatable bonds is 6. The van der Waals surface area contributed by atoms with Crippen LogP contribution in [0.15, 0.2) is 12.1 Å². The van der Waals surface area contributed by atoms with E-state index < -0.39 is 0 Å². The zero-order valence-corrected chi connectivity index (χ0v) is 12.2. The van der Waals surface area contributed by atoms with Crippen LogP contribution in [0.2, 0.25) is 0 Å². The van der Waals surface area contributed by atoms with Crippen LogP contribution in [0.5, 0.6) is 5.75 Å². The minimum atomic E-state index is 0.0557. The number of benzene rings is 1. The van der Waals surface area contributed by atoms with Crippen LogP contribution in [0.1, 0.15) is 29.5 Å². The van der Waals surface area contributed by atoms with Gasteiger partial charge in [-0.3, -0.25) is 4.79 Å². The molecule has 4 heteroatoms. The van der Waals surface area contributed by atoms with Crippen LogP contribution < -0.4 is 4.74 Å². The molecule has 0 aliphatic rings. The van der Waals surface area contributed by atoms with Gasteiger partial charge in [0.2, 0.25) is 5.91 Å². The molecule has 0 heterocycles. The molecule has 0 spiro atoms. The monoisotopic (exact) mass is 265 g/mol. The number of aliphatic hydroxyl groups excluding tert-OH is 1. The fourth-order valence-electron chi connectivity index (χ4n) is 2.24. The molecule has 19 heavy (non-hydrogen) atoms. The largest absolute Gasteiger partial charge is 0.496 e. The highest BCUT2D eigenvalue weighted by Crippen LogP contribution is 2.24. The first kappa shape index (κ1) is 15.5. The van der Waals surface area contributed by atoms with Crippen LogP contribution in [-0.4, -0.2) is 36.7 Å². The lowest BCUT2D eigenvalue weighted by Gasteiger charge is -2.19. The summed E-state index contributed by atoms with van der Waals surface area (Å²) < 4.78 is 5.33. The van der Waals surface area contributed by atoms with Crippen molar-refractivity contribution < 1.29 is 14.6 Å². The normalized spacial score (nSPS) is 10.4. The maximum atomic E-state index is 11.8. The number of aryl methyl sites for hydroxylation is 2. The number of aliphatic hydroxyl groups is 1. The van der Waals surface area contributed by atoms with Crippen LogP contribution in [0.3, 0.4) is 0 Å². The lowest BCUT2D eigenvalue weighted by molar-refractivity contribution is -0.130. The zero-order chi connectivity index (χ0) is 14.4. The molecular weight excluding hydrogens is 242 g/mol. The van der Waals surface area contributed by atoms with Gasteiger partial charge in [-0.2, -0.15) is 0 Å². The van der Waals surface area contributed by atoms with Crippen molar-refractivity contribution in [3.8, 4) is 5.75 Å². The van der Waals surface area contributed by atoms with E-state index in [-0.39, 0.29) is 12.5 Å². The molecule has 0 radical (unpaired) electrons. The van der Waals surface area contributed by atoms with Gasteiger partial charge in [-0.25, -0.2) is 0 Å². The number of amides is 1. The molecule has 0 aromatic heterocycles. The molecule has 1 N–H and O–H groups in total. The average molecular weight is 265 g/mol. The van der Waals surface area contributed by atoms with E-state index in [0.717, 1.165) is 22.4 Å². The summed E-state index contributed by atoms with van der Waals surface area (Å²) in [6.45, 7) is 4.64. The van der Waals surface area contributed by atoms with E-state index in [0.29, 0.717) is 19.4 Å². The van der Waals surface area contributed by atoms with Gasteiger partial charge in [-0.05, 0) is 37.0 Å². The van der Waals surface area contributed by atoms with E-state index in [1.807, 2.05) is 26.0 Å². The molecule has 1 rings (SSSR count). The first-order valence-electron chi connectivity index (χ1n) is 6.48. The van der Waals surface area contributed by atoms with Crippen molar-refractivity contribution in [3.05, 3.63) is 28.8 Å². The van der Waals surface area contributed by atoms with Crippen molar-refractivity contribution in [2.24, 2.45) is 0 Å². The second kappa shape index (κ2) is 7.14. The van der Waals surface area contributed by atoms with Crippen LogP contribution in [-0.2, 0) is 11.3 Å². The Hall–Kier alpha value is -1.55. The Morgan fingerprint density at radius 2 is 1.89 bits per heavy atom. The molecular formula is C15H23NO3. The highest BCUT2D eigenvalue weighted by molar-refractivity contribution is 5.75. The standard InChI is InChI=1S/C15H23NO3/c1-11-8-13(9-12(2)15(11)19-4)10-16(3)14(18)6-5-7-17/h8-9,17H,5-7,10H2,1-4H3. The highest BCUT2D eigenvalue weighted by atomic mass is 16.5. The Labute approximate surface area is 115 Å². The van der Waals surface area contributed by atoms with E-state index in [9.17, 15) is 4.79 Å². The van der Waals surface area contributed by atoms with E-state index in [1.165, 1.54) is 0 Å². The van der Waals surface area contributed by atoms with E-state index in [4.69, 9.17) is 9.84 Å². The molecule has 0 fully saturated rings. The predicted molar refractivity (Wildman–Crippen MR) is 75.3 cm³/mol. The zero-order valence-electron chi connectivity index (χ0n) is 12.2. The molecule has 1 aromatic rings. The van der Waals surface area contributed by atoms with Gasteiger partial charge in [-0.15, -0.1) is 0 Å². The number of hydrogen-bond donors (Lipinski definition) is 1. The van der Waals surface area contributed by atoms with E-state index in [2.05, 4.69) is 0 Å². The third kappa shape index (κ3) is 4.24. The highest BCUT2D eigenvalue weighted by Gasteiger charge is 2.11. The molecule has 0 aliphatic heterocycles. The minimum absolute atomic E-state index is 0.0557. The van der Waals surface area contributed by atoms with Gasteiger partial charge in [-0.1, -0.05) is 12.1 Å². The summed E-state index contributed by atoms with van der Waals surface area (Å²) in [5.41, 5.74) is 3.25. The maximum Gasteiger partial charge on any atom is 0.222 e. The number of methoxy groups -OCH3 is 1. The summed E-state index contributed by atoms with van der Waals surface area (Å²) in [7, 11) is 3.45. The Balaban J connectivity index is 2.74. The number of carbonyl (C=O) groups is 1. The van der Waals surface area contributed by atoms with Gasteiger partial charge >= 0.3 is 0 Å². The first-order chi connectivity index (χ1) is 8.99. The van der Waals surface area contributed by atoms with E-state index >= 15 is 0 Å². The maximum absolute atomic E-state index is 11.8. The van der Waals surface area contributed by atoms with Crippen molar-refractivity contribution in [2.75, 3.05) is 20.8 Å². The van der Waals surface area contributed by atoms with Gasteiger partial charge < -0.3 is 14.7 Å². The Kier molecular flexibility index (Phi) is 5.83. The SMILES string of the molecule is COc1c(C)cc(CN(C)C(=O)CCCO)cc1C. The lowest BCUT2D eigenvalue weighted by Crippen LogP contribution is -2.26. The fourth-order valence-corrected chi connectivity index (χ4v) is 2.24. The second-order valence-corrected chi connectivity index (χ2v) is 4.84. The third-order valence-corrected chi connectivity index (χ3v) is 3.12. The van der Waals surface area contributed by atoms with Crippen molar-refractivity contribution in [1.82, 2.24) is 4.90 Å². The van der Waals surface area contributed by atoms with Gasteiger partial charge in [0.1, 0.15) is 5.75 Å². The van der Waals surface area contributed by atoms with Crippen LogP contribution in [0.25, 0.3) is 0 Å². The van der Waals surface area contributed by atoms with Crippen molar-refractivity contribution in [3.63, 3.8) is 0 Å². The van der Waals surface area contributed by atoms with Crippen LogP contribution in [0.4, 0.5) is 0 Å². The first-order valence-corrected chi connectivity index (χ1v) is 6.48. The number of ether oxygens (including phenoxy) is 1. The molecule has 0 atom stereocenters.